The summed E-state index contributed by atoms with van der Waals surface area (Å²) in [6.45, 7) is 8.33. The lowest BCUT2D eigenvalue weighted by Gasteiger charge is -2.36. The van der Waals surface area contributed by atoms with Gasteiger partial charge in [-0.3, -0.25) is 4.79 Å². The van der Waals surface area contributed by atoms with Crippen LogP contribution in [0, 0.1) is 0 Å². The minimum atomic E-state index is -0.0327. The molecule has 2 N–H and O–H groups in total. The quantitative estimate of drug-likeness (QED) is 0.875. The molecule has 0 bridgehead atoms. The molecule has 0 amide bonds. The van der Waals surface area contributed by atoms with E-state index in [0.717, 1.165) is 46.8 Å². The molecule has 3 heterocycles. The van der Waals surface area contributed by atoms with E-state index in [-0.39, 0.29) is 11.5 Å². The fourth-order valence-electron chi connectivity index (χ4n) is 3.70. The molecule has 0 spiro atoms. The van der Waals surface area contributed by atoms with Gasteiger partial charge in [-0.25, -0.2) is 4.99 Å². The molecule has 3 aliphatic rings. The third-order valence-corrected chi connectivity index (χ3v) is 5.35. The lowest BCUT2D eigenvalue weighted by atomic mass is 10.0. The van der Waals surface area contributed by atoms with Crippen LogP contribution in [0.3, 0.4) is 0 Å². The van der Waals surface area contributed by atoms with Gasteiger partial charge in [0, 0.05) is 53.4 Å². The number of benzene rings is 1. The van der Waals surface area contributed by atoms with Crippen molar-refractivity contribution in [1.29, 1.82) is 0 Å². The Balaban J connectivity index is 0.000000198. The van der Waals surface area contributed by atoms with Gasteiger partial charge in [-0.15, -0.1) is 0 Å². The Hall–Kier alpha value is -2.92. The first-order valence-electron chi connectivity index (χ1n) is 9.88. The fraction of sp³-hybridized carbons (Fsp3) is 0.304. The van der Waals surface area contributed by atoms with Crippen LogP contribution in [-0.2, 0) is 0 Å². The van der Waals surface area contributed by atoms with Crippen molar-refractivity contribution in [2.75, 3.05) is 13.1 Å². The third-order valence-electron chi connectivity index (χ3n) is 5.35. The van der Waals surface area contributed by atoms with Gasteiger partial charge in [0.2, 0.25) is 0 Å². The highest BCUT2D eigenvalue weighted by Crippen LogP contribution is 2.27. The van der Waals surface area contributed by atoms with Crippen LogP contribution in [-0.4, -0.2) is 34.8 Å². The minimum Gasteiger partial charge on any atom is -0.356 e. The van der Waals surface area contributed by atoms with Crippen LogP contribution in [0.4, 0.5) is 0 Å². The van der Waals surface area contributed by atoms with Gasteiger partial charge in [0.1, 0.15) is 11.7 Å². The lowest BCUT2D eigenvalue weighted by molar-refractivity contribution is 0.281. The van der Waals surface area contributed by atoms with Crippen molar-refractivity contribution >= 4 is 16.6 Å². The van der Waals surface area contributed by atoms with E-state index in [0.29, 0.717) is 0 Å². The highest BCUT2D eigenvalue weighted by atomic mass is 16.1. The first-order valence-corrected chi connectivity index (χ1v) is 9.88. The molecule has 1 saturated heterocycles. The highest BCUT2D eigenvalue weighted by molar-refractivity contribution is 6.03. The highest BCUT2D eigenvalue weighted by Gasteiger charge is 2.26. The number of allylic oxidation sites excluding steroid dienone is 3. The number of nitrogens with two attached hydrogens (primary N) is 1. The maximum Gasteiger partial charge on any atom is 0.194 e. The number of likely N-dealkylation sites (tertiary alicyclic amines) is 1. The molecule has 0 radical (unpaired) electrons. The summed E-state index contributed by atoms with van der Waals surface area (Å²) in [4.78, 5) is 19.8. The maximum absolute atomic E-state index is 10.5. The van der Waals surface area contributed by atoms with E-state index in [1.807, 2.05) is 54.4 Å². The summed E-state index contributed by atoms with van der Waals surface area (Å²) < 4.78 is 0. The number of piperidine rings is 1. The lowest BCUT2D eigenvalue weighted by Crippen LogP contribution is -2.39. The molecule has 28 heavy (non-hydrogen) atoms. The van der Waals surface area contributed by atoms with E-state index in [1.54, 1.807) is 0 Å². The van der Waals surface area contributed by atoms with Crippen molar-refractivity contribution in [1.82, 2.24) is 9.80 Å². The van der Waals surface area contributed by atoms with Crippen molar-refractivity contribution < 1.29 is 0 Å². The van der Waals surface area contributed by atoms with Gasteiger partial charge in [-0.05, 0) is 32.3 Å². The Morgan fingerprint density at radius 2 is 1.82 bits per heavy atom. The van der Waals surface area contributed by atoms with Gasteiger partial charge in [0.25, 0.3) is 0 Å². The molecule has 5 rings (SSSR count). The molecular weight excluding hydrogens is 348 g/mol. The molecule has 2 aromatic rings. The van der Waals surface area contributed by atoms with Crippen LogP contribution >= 0.6 is 0 Å². The maximum atomic E-state index is 10.5. The zero-order chi connectivity index (χ0) is 19.7. The molecule has 1 fully saturated rings. The Morgan fingerprint density at radius 3 is 2.43 bits per heavy atom. The molecule has 1 atom stereocenters. The zero-order valence-corrected chi connectivity index (χ0v) is 16.3. The minimum absolute atomic E-state index is 0.0327. The summed E-state index contributed by atoms with van der Waals surface area (Å²) in [7, 11) is 0. The van der Waals surface area contributed by atoms with Gasteiger partial charge in [0.15, 0.2) is 5.43 Å². The van der Waals surface area contributed by atoms with Crippen molar-refractivity contribution in [3.05, 3.63) is 82.6 Å². The first kappa shape index (κ1) is 18.4. The van der Waals surface area contributed by atoms with Gasteiger partial charge in [-0.1, -0.05) is 36.9 Å². The molecule has 3 aliphatic heterocycles. The van der Waals surface area contributed by atoms with Gasteiger partial charge in [0.05, 0.1) is 0 Å². The second-order valence-corrected chi connectivity index (χ2v) is 7.47. The summed E-state index contributed by atoms with van der Waals surface area (Å²) in [5, 5.41) is 1.79. The molecule has 2 aromatic carbocycles. The molecular formula is C23H26N4O. The van der Waals surface area contributed by atoms with Crippen molar-refractivity contribution in [3.63, 3.8) is 0 Å². The number of aliphatic imine (C=N–C) groups is 1. The molecule has 1 unspecified atom stereocenters. The first-order chi connectivity index (χ1) is 13.6. The Morgan fingerprint density at radius 1 is 1.14 bits per heavy atom. The van der Waals surface area contributed by atoms with E-state index in [9.17, 15) is 4.79 Å². The molecule has 5 heteroatoms. The number of nitrogens with zero attached hydrogens (tertiary/aromatic N) is 3. The number of hydrogen-bond acceptors (Lipinski definition) is 5. The zero-order valence-electron chi connectivity index (χ0n) is 16.3. The standard InChI is InChI=1S/C16H22N4.C7H4O/c1-12-11-15(19-8-4-3-5-9-19)18-16-14(13(2)17)7-6-10-20(12)16;8-7-5-3-1-2-4-6(5)7/h6-7,10-11,13H,1,3-5,8-9,17H2,2H3;1-4H. The Labute approximate surface area is 165 Å². The molecule has 0 saturated carbocycles. The monoisotopic (exact) mass is 374 g/mol. The van der Waals surface area contributed by atoms with E-state index in [4.69, 9.17) is 10.7 Å². The van der Waals surface area contributed by atoms with Crippen LogP contribution in [0.2, 0.25) is 0 Å². The average Bonchev–Trinajstić information content (AvgIpc) is 3.39. The molecule has 144 valence electrons. The number of rotatable bonds is 2. The normalized spacial score (nSPS) is 20.2. The van der Waals surface area contributed by atoms with E-state index in [1.165, 1.54) is 19.3 Å². The summed E-state index contributed by atoms with van der Waals surface area (Å²) >= 11 is 0. The molecule has 5 nitrogen and oxygen atoms in total. The van der Waals surface area contributed by atoms with Crippen LogP contribution in [0.1, 0.15) is 26.2 Å². The van der Waals surface area contributed by atoms with E-state index >= 15 is 0 Å². The van der Waals surface area contributed by atoms with Crippen molar-refractivity contribution in [3.8, 4) is 0 Å². The largest absolute Gasteiger partial charge is 0.356 e. The van der Waals surface area contributed by atoms with E-state index < -0.39 is 0 Å². The summed E-state index contributed by atoms with van der Waals surface area (Å²) in [6, 6.07) is 7.41. The number of hydrogen-bond donors (Lipinski definition) is 1. The molecule has 0 aliphatic carbocycles. The smallest absolute Gasteiger partial charge is 0.194 e. The second kappa shape index (κ2) is 7.60. The van der Waals surface area contributed by atoms with Gasteiger partial charge in [-0.2, -0.15) is 0 Å². The van der Waals surface area contributed by atoms with E-state index in [2.05, 4.69) is 17.6 Å². The van der Waals surface area contributed by atoms with Crippen molar-refractivity contribution in [2.24, 2.45) is 10.7 Å². The number of amidine groups is 1. The van der Waals surface area contributed by atoms with Crippen LogP contribution < -0.4 is 11.2 Å². The topological polar surface area (TPSA) is 61.9 Å². The fourth-order valence-corrected chi connectivity index (χ4v) is 3.70. The predicted molar refractivity (Wildman–Crippen MR) is 115 cm³/mol. The molecule has 0 aromatic heterocycles. The summed E-state index contributed by atoms with van der Waals surface area (Å²) in [5.74, 6) is 1.96. The van der Waals surface area contributed by atoms with Gasteiger partial charge >= 0.3 is 0 Å². The summed E-state index contributed by atoms with van der Waals surface area (Å²) in [6.07, 6.45) is 11.9. The Bertz CT molecular complexity index is 994. The second-order valence-electron chi connectivity index (χ2n) is 7.47. The van der Waals surface area contributed by atoms with Crippen LogP contribution in [0.15, 0.2) is 82.2 Å². The Kier molecular flexibility index (Phi) is 5.01. The average molecular weight is 374 g/mol. The third kappa shape index (κ3) is 3.58. The SMILES string of the molecule is C=C1C=C(N2CCCCC2)N=C2C(C(C)N)=CC=CN12.O=c1c2ccccc12. The van der Waals surface area contributed by atoms with Gasteiger partial charge < -0.3 is 15.5 Å². The van der Waals surface area contributed by atoms with Crippen LogP contribution in [0.25, 0.3) is 10.8 Å². The van der Waals surface area contributed by atoms with Crippen molar-refractivity contribution in [2.45, 2.75) is 32.2 Å². The van der Waals surface area contributed by atoms with Crippen LogP contribution in [0.5, 0.6) is 0 Å². The summed E-state index contributed by atoms with van der Waals surface area (Å²) in [5.41, 5.74) is 8.31. The predicted octanol–water partition coefficient (Wildman–Crippen LogP) is 3.42. The number of fused-ring (bicyclic) bond motifs is 2.